The summed E-state index contributed by atoms with van der Waals surface area (Å²) in [5, 5.41) is 4.28. The molecule has 1 atom stereocenters. The Bertz CT molecular complexity index is 691. The summed E-state index contributed by atoms with van der Waals surface area (Å²) >= 11 is 15.6. The Kier molecular flexibility index (Phi) is 5.14. The lowest BCUT2D eigenvalue weighted by atomic mass is 10.1. The molecular formula is C15H13BrCl2N2O. The molecule has 0 spiro atoms. The van der Waals surface area contributed by atoms with Crippen molar-refractivity contribution >= 4 is 50.7 Å². The molecule has 3 N–H and O–H groups in total. The van der Waals surface area contributed by atoms with Crippen LogP contribution < -0.4 is 11.1 Å². The van der Waals surface area contributed by atoms with E-state index in [-0.39, 0.29) is 6.04 Å². The van der Waals surface area contributed by atoms with Crippen LogP contribution in [0.1, 0.15) is 28.9 Å². The van der Waals surface area contributed by atoms with Crippen LogP contribution in [0.4, 0.5) is 5.69 Å². The molecule has 2 aromatic carbocycles. The topological polar surface area (TPSA) is 55.1 Å². The molecule has 0 saturated carbocycles. The number of nitrogens with one attached hydrogen (secondary N) is 1. The number of carbonyl (C=O) groups excluding carboxylic acids is 1. The zero-order valence-electron chi connectivity index (χ0n) is 11.2. The van der Waals surface area contributed by atoms with Crippen LogP contribution >= 0.6 is 39.1 Å². The Morgan fingerprint density at radius 2 is 1.90 bits per heavy atom. The van der Waals surface area contributed by atoms with Crippen LogP contribution in [0, 0.1) is 0 Å². The van der Waals surface area contributed by atoms with Crippen LogP contribution in [0.25, 0.3) is 0 Å². The van der Waals surface area contributed by atoms with E-state index in [4.69, 9.17) is 28.9 Å². The van der Waals surface area contributed by atoms with E-state index in [9.17, 15) is 4.79 Å². The third-order valence-corrected chi connectivity index (χ3v) is 4.18. The molecule has 2 aromatic rings. The van der Waals surface area contributed by atoms with Gasteiger partial charge in [0, 0.05) is 21.2 Å². The number of benzene rings is 2. The molecule has 0 aliphatic carbocycles. The van der Waals surface area contributed by atoms with Gasteiger partial charge in [0.25, 0.3) is 0 Å². The maximum atomic E-state index is 11.1. The maximum absolute atomic E-state index is 11.1. The first-order chi connectivity index (χ1) is 9.88. The number of hydrogen-bond donors (Lipinski definition) is 2. The average molecular weight is 388 g/mol. The van der Waals surface area contributed by atoms with Crippen LogP contribution in [0.5, 0.6) is 0 Å². The van der Waals surface area contributed by atoms with E-state index in [0.29, 0.717) is 15.6 Å². The van der Waals surface area contributed by atoms with E-state index in [0.717, 1.165) is 15.7 Å². The highest BCUT2D eigenvalue weighted by Gasteiger charge is 2.12. The van der Waals surface area contributed by atoms with Crippen LogP contribution in [0.3, 0.4) is 0 Å². The molecule has 3 nitrogen and oxygen atoms in total. The highest BCUT2D eigenvalue weighted by atomic mass is 79.9. The summed E-state index contributed by atoms with van der Waals surface area (Å²) in [7, 11) is 0. The summed E-state index contributed by atoms with van der Waals surface area (Å²) in [6.45, 7) is 1.99. The van der Waals surface area contributed by atoms with E-state index < -0.39 is 5.91 Å². The molecule has 0 heterocycles. The fraction of sp³-hybridized carbons (Fsp3) is 0.133. The van der Waals surface area contributed by atoms with Gasteiger partial charge in [-0.15, -0.1) is 0 Å². The molecule has 6 heteroatoms. The first kappa shape index (κ1) is 16.1. The van der Waals surface area contributed by atoms with Gasteiger partial charge in [0.2, 0.25) is 5.91 Å². The van der Waals surface area contributed by atoms with Crippen molar-refractivity contribution in [2.24, 2.45) is 5.73 Å². The largest absolute Gasteiger partial charge is 0.378 e. The summed E-state index contributed by atoms with van der Waals surface area (Å²) in [6.07, 6.45) is 0. The summed E-state index contributed by atoms with van der Waals surface area (Å²) in [4.78, 5) is 11.1. The summed E-state index contributed by atoms with van der Waals surface area (Å²) < 4.78 is 0.928. The minimum absolute atomic E-state index is 0.0129. The van der Waals surface area contributed by atoms with E-state index in [1.54, 1.807) is 18.2 Å². The van der Waals surface area contributed by atoms with Crippen molar-refractivity contribution in [1.29, 1.82) is 0 Å². The van der Waals surface area contributed by atoms with Crippen LogP contribution in [0.2, 0.25) is 10.0 Å². The van der Waals surface area contributed by atoms with Crippen LogP contribution in [-0.4, -0.2) is 5.91 Å². The summed E-state index contributed by atoms with van der Waals surface area (Å²) in [6, 6.07) is 10.7. The highest BCUT2D eigenvalue weighted by Crippen LogP contribution is 2.29. The van der Waals surface area contributed by atoms with Gasteiger partial charge < -0.3 is 11.1 Å². The fourth-order valence-corrected chi connectivity index (χ4v) is 3.10. The number of nitrogens with two attached hydrogens (primary N) is 1. The monoisotopic (exact) mass is 386 g/mol. The Morgan fingerprint density at radius 3 is 2.48 bits per heavy atom. The lowest BCUT2D eigenvalue weighted by Gasteiger charge is -2.18. The van der Waals surface area contributed by atoms with Crippen molar-refractivity contribution < 1.29 is 4.79 Å². The van der Waals surface area contributed by atoms with E-state index >= 15 is 0 Å². The Hall–Kier alpha value is -1.23. The second kappa shape index (κ2) is 6.69. The molecule has 1 amide bonds. The average Bonchev–Trinajstić information content (AvgIpc) is 2.37. The van der Waals surface area contributed by atoms with Gasteiger partial charge in [-0.1, -0.05) is 45.2 Å². The molecule has 0 aliphatic heterocycles. The van der Waals surface area contributed by atoms with Gasteiger partial charge >= 0.3 is 0 Å². The van der Waals surface area contributed by atoms with Crippen molar-refractivity contribution in [2.45, 2.75) is 13.0 Å². The Morgan fingerprint density at radius 1 is 1.19 bits per heavy atom. The lowest BCUT2D eigenvalue weighted by Crippen LogP contribution is -2.12. The number of rotatable bonds is 4. The van der Waals surface area contributed by atoms with Crippen molar-refractivity contribution in [2.75, 3.05) is 5.32 Å². The van der Waals surface area contributed by atoms with Crippen molar-refractivity contribution in [3.63, 3.8) is 0 Å². The van der Waals surface area contributed by atoms with Crippen LogP contribution in [-0.2, 0) is 0 Å². The zero-order valence-corrected chi connectivity index (χ0v) is 14.3. The zero-order chi connectivity index (χ0) is 15.6. The number of hydrogen-bond acceptors (Lipinski definition) is 2. The van der Waals surface area contributed by atoms with Crippen molar-refractivity contribution in [3.05, 3.63) is 62.0 Å². The van der Waals surface area contributed by atoms with Gasteiger partial charge in [0.05, 0.1) is 10.6 Å². The van der Waals surface area contributed by atoms with E-state index in [1.807, 2.05) is 25.1 Å². The van der Waals surface area contributed by atoms with Crippen molar-refractivity contribution in [3.8, 4) is 0 Å². The number of carbonyl (C=O) groups is 1. The van der Waals surface area contributed by atoms with E-state index in [2.05, 4.69) is 21.2 Å². The Balaban J connectivity index is 2.21. The number of halogens is 3. The highest BCUT2D eigenvalue weighted by molar-refractivity contribution is 9.10. The predicted octanol–water partition coefficient (Wildman–Crippen LogP) is 5.03. The van der Waals surface area contributed by atoms with E-state index in [1.165, 1.54) is 0 Å². The molecule has 2 rings (SSSR count). The predicted molar refractivity (Wildman–Crippen MR) is 91.2 cm³/mol. The van der Waals surface area contributed by atoms with Gasteiger partial charge in [-0.2, -0.15) is 0 Å². The molecule has 21 heavy (non-hydrogen) atoms. The Labute approximate surface area is 141 Å². The van der Waals surface area contributed by atoms with Gasteiger partial charge in [0.1, 0.15) is 0 Å². The minimum Gasteiger partial charge on any atom is -0.378 e. The maximum Gasteiger partial charge on any atom is 0.250 e. The minimum atomic E-state index is -0.546. The first-order valence-corrected chi connectivity index (χ1v) is 7.74. The fourth-order valence-electron chi connectivity index (χ4n) is 1.99. The third kappa shape index (κ3) is 3.90. The molecule has 0 saturated heterocycles. The molecule has 0 bridgehead atoms. The smallest absolute Gasteiger partial charge is 0.250 e. The van der Waals surface area contributed by atoms with Gasteiger partial charge in [0.15, 0.2) is 0 Å². The number of anilines is 1. The summed E-state index contributed by atoms with van der Waals surface area (Å²) in [5.41, 5.74) is 7.28. The van der Waals surface area contributed by atoms with Gasteiger partial charge in [-0.3, -0.25) is 4.79 Å². The van der Waals surface area contributed by atoms with Crippen molar-refractivity contribution in [1.82, 2.24) is 0 Å². The molecule has 1 unspecified atom stereocenters. The molecular weight excluding hydrogens is 375 g/mol. The SMILES string of the molecule is CC(Nc1ccc(C(N)=O)c(Cl)c1)c1ccc(Br)cc1Cl. The molecule has 0 aromatic heterocycles. The second-order valence-electron chi connectivity index (χ2n) is 4.59. The summed E-state index contributed by atoms with van der Waals surface area (Å²) in [5.74, 6) is -0.546. The number of primary amides is 1. The quantitative estimate of drug-likeness (QED) is 0.772. The third-order valence-electron chi connectivity index (χ3n) is 3.05. The van der Waals surface area contributed by atoms with Gasteiger partial charge in [-0.25, -0.2) is 0 Å². The first-order valence-electron chi connectivity index (χ1n) is 6.19. The standard InChI is InChI=1S/C15H13BrCl2N2O/c1-8(11-4-2-9(16)6-13(11)17)20-10-3-5-12(15(19)21)14(18)7-10/h2-8,20H,1H3,(H2,19,21). The second-order valence-corrected chi connectivity index (χ2v) is 6.32. The lowest BCUT2D eigenvalue weighted by molar-refractivity contribution is 0.100. The molecule has 0 radical (unpaired) electrons. The van der Waals surface area contributed by atoms with Crippen LogP contribution in [0.15, 0.2) is 40.9 Å². The number of amides is 1. The molecule has 110 valence electrons. The van der Waals surface area contributed by atoms with Gasteiger partial charge in [-0.05, 0) is 42.8 Å². The molecule has 0 aliphatic rings. The normalized spacial score (nSPS) is 12.0. The molecule has 0 fully saturated rings.